The highest BCUT2D eigenvalue weighted by molar-refractivity contribution is 6.46. The Morgan fingerprint density at radius 2 is 1.45 bits per heavy atom. The fourth-order valence-corrected chi connectivity index (χ4v) is 5.08. The molecule has 3 rings (SSSR count). The molecule has 0 saturated carbocycles. The zero-order valence-corrected chi connectivity index (χ0v) is 24.4. The molecule has 1 N–H and O–H groups in total. The van der Waals surface area contributed by atoms with E-state index in [-0.39, 0.29) is 16.7 Å². The average molecular weight is 539 g/mol. The van der Waals surface area contributed by atoms with Gasteiger partial charge in [0.1, 0.15) is 5.76 Å². The minimum atomic E-state index is -0.642. The molecule has 0 bridgehead atoms. The second-order valence-corrected chi connectivity index (χ2v) is 11.7. The van der Waals surface area contributed by atoms with Crippen LogP contribution in [0, 0.1) is 0 Å². The van der Waals surface area contributed by atoms with Gasteiger partial charge >= 0.3 is 0 Å². The fraction of sp³-hybridized carbons (Fsp3) is 0.500. The van der Waals surface area contributed by atoms with E-state index in [9.17, 15) is 14.7 Å². The van der Waals surface area contributed by atoms with E-state index in [4.69, 9.17) is 11.6 Å². The molecule has 6 heteroatoms. The Morgan fingerprint density at radius 3 is 1.97 bits per heavy atom. The van der Waals surface area contributed by atoms with Crippen LogP contribution in [-0.4, -0.2) is 52.8 Å². The standard InChI is InChI=1S/C32H43ClN2O3/c1-6-8-19-34(20-9-7-2)21-10-22-35-28(23-11-15-25(16-12-23)32(3,4)5)27(30(37)31(35)38)29(36)24-13-17-26(33)18-14-24/h11-18,28,36H,6-10,19-22H2,1-5H3. The summed E-state index contributed by atoms with van der Waals surface area (Å²) in [5, 5.41) is 11.8. The number of aliphatic hydroxyl groups is 1. The van der Waals surface area contributed by atoms with Crippen LogP contribution < -0.4 is 0 Å². The van der Waals surface area contributed by atoms with Crippen LogP contribution in [0.4, 0.5) is 0 Å². The number of hydrogen-bond acceptors (Lipinski definition) is 4. The van der Waals surface area contributed by atoms with Crippen molar-refractivity contribution in [3.63, 3.8) is 0 Å². The Morgan fingerprint density at radius 1 is 0.895 bits per heavy atom. The van der Waals surface area contributed by atoms with E-state index in [2.05, 4.69) is 51.7 Å². The van der Waals surface area contributed by atoms with Crippen LogP contribution in [-0.2, 0) is 15.0 Å². The molecule has 0 aromatic heterocycles. The molecule has 5 nitrogen and oxygen atoms in total. The highest BCUT2D eigenvalue weighted by Crippen LogP contribution is 2.40. The molecule has 0 radical (unpaired) electrons. The summed E-state index contributed by atoms with van der Waals surface area (Å²) in [6.07, 6.45) is 5.35. The molecule has 1 atom stereocenters. The van der Waals surface area contributed by atoms with Crippen LogP contribution in [0.15, 0.2) is 54.1 Å². The maximum absolute atomic E-state index is 13.3. The lowest BCUT2D eigenvalue weighted by atomic mass is 9.85. The van der Waals surface area contributed by atoms with Crippen molar-refractivity contribution in [1.29, 1.82) is 0 Å². The molecule has 1 saturated heterocycles. The van der Waals surface area contributed by atoms with Crippen molar-refractivity contribution in [3.8, 4) is 0 Å². The summed E-state index contributed by atoms with van der Waals surface area (Å²) in [7, 11) is 0. The molecular formula is C32H43ClN2O3. The van der Waals surface area contributed by atoms with Crippen molar-refractivity contribution < 1.29 is 14.7 Å². The number of carbonyl (C=O) groups is 2. The van der Waals surface area contributed by atoms with Crippen LogP contribution in [0.25, 0.3) is 5.76 Å². The normalized spacial score (nSPS) is 17.6. The van der Waals surface area contributed by atoms with Crippen molar-refractivity contribution in [3.05, 3.63) is 75.8 Å². The van der Waals surface area contributed by atoms with Gasteiger partial charge in [-0.15, -0.1) is 0 Å². The Bertz CT molecular complexity index is 1110. The van der Waals surface area contributed by atoms with Crippen LogP contribution >= 0.6 is 11.6 Å². The monoisotopic (exact) mass is 538 g/mol. The third kappa shape index (κ3) is 7.27. The molecule has 2 aromatic rings. The summed E-state index contributed by atoms with van der Waals surface area (Å²) in [5.41, 5.74) is 2.56. The predicted octanol–water partition coefficient (Wildman–Crippen LogP) is 7.35. The first kappa shape index (κ1) is 29.9. The number of likely N-dealkylation sites (tertiary alicyclic amines) is 1. The van der Waals surface area contributed by atoms with Gasteiger partial charge in [-0.3, -0.25) is 9.59 Å². The Hall–Kier alpha value is -2.63. The van der Waals surface area contributed by atoms with Crippen molar-refractivity contribution in [2.45, 2.75) is 78.2 Å². The topological polar surface area (TPSA) is 60.9 Å². The van der Waals surface area contributed by atoms with Crippen molar-refractivity contribution in [2.24, 2.45) is 0 Å². The van der Waals surface area contributed by atoms with E-state index in [0.717, 1.165) is 57.3 Å². The number of unbranched alkanes of at least 4 members (excludes halogenated alkanes) is 2. The summed E-state index contributed by atoms with van der Waals surface area (Å²) in [6, 6.07) is 14.1. The highest BCUT2D eigenvalue weighted by atomic mass is 35.5. The molecule has 1 unspecified atom stereocenters. The number of nitrogens with zero attached hydrogens (tertiary/aromatic N) is 2. The maximum atomic E-state index is 13.3. The Kier molecular flexibility index (Phi) is 10.6. The number of Topliss-reactive ketones (excluding diaryl/α,β-unsaturated/α-hetero) is 1. The van der Waals surface area contributed by atoms with Gasteiger partial charge in [-0.2, -0.15) is 0 Å². The highest BCUT2D eigenvalue weighted by Gasteiger charge is 2.45. The SMILES string of the molecule is CCCCN(CCCC)CCCN1C(=O)C(=O)C(=C(O)c2ccc(Cl)cc2)C1c1ccc(C(C)(C)C)cc1. The second-order valence-electron chi connectivity index (χ2n) is 11.3. The van der Waals surface area contributed by atoms with Gasteiger partial charge in [0.15, 0.2) is 0 Å². The first-order chi connectivity index (χ1) is 18.1. The lowest BCUT2D eigenvalue weighted by Gasteiger charge is -2.28. The number of rotatable bonds is 12. The summed E-state index contributed by atoms with van der Waals surface area (Å²) in [5.74, 6) is -1.37. The van der Waals surface area contributed by atoms with E-state index in [0.29, 0.717) is 17.1 Å². The van der Waals surface area contributed by atoms with Gasteiger partial charge in [-0.25, -0.2) is 0 Å². The van der Waals surface area contributed by atoms with Crippen molar-refractivity contribution >= 4 is 29.1 Å². The molecule has 0 aliphatic carbocycles. The van der Waals surface area contributed by atoms with Crippen LogP contribution in [0.3, 0.4) is 0 Å². The predicted molar refractivity (Wildman–Crippen MR) is 156 cm³/mol. The molecule has 0 spiro atoms. The van der Waals surface area contributed by atoms with Gasteiger partial charge in [0.25, 0.3) is 11.7 Å². The van der Waals surface area contributed by atoms with E-state index in [1.807, 2.05) is 12.1 Å². The molecule has 1 aliphatic heterocycles. The average Bonchev–Trinajstić information content (AvgIpc) is 3.14. The lowest BCUT2D eigenvalue weighted by molar-refractivity contribution is -0.140. The van der Waals surface area contributed by atoms with Crippen LogP contribution in [0.1, 0.15) is 89.5 Å². The number of carbonyl (C=O) groups excluding carboxylic acids is 2. The lowest BCUT2D eigenvalue weighted by Crippen LogP contribution is -2.34. The fourth-order valence-electron chi connectivity index (χ4n) is 4.95. The molecular weight excluding hydrogens is 496 g/mol. The number of hydrogen-bond donors (Lipinski definition) is 1. The molecule has 1 heterocycles. The van der Waals surface area contributed by atoms with Gasteiger partial charge in [0, 0.05) is 17.1 Å². The van der Waals surface area contributed by atoms with Crippen LogP contribution in [0.5, 0.6) is 0 Å². The number of amides is 1. The number of aliphatic hydroxyl groups excluding tert-OH is 1. The van der Waals surface area contributed by atoms with Gasteiger partial charge in [0.2, 0.25) is 0 Å². The van der Waals surface area contributed by atoms with Gasteiger partial charge in [0.05, 0.1) is 11.6 Å². The molecule has 206 valence electrons. The third-order valence-corrected chi connectivity index (χ3v) is 7.53. The molecule has 2 aromatic carbocycles. The molecule has 1 aliphatic rings. The summed E-state index contributed by atoms with van der Waals surface area (Å²) in [4.78, 5) is 30.8. The summed E-state index contributed by atoms with van der Waals surface area (Å²) >= 11 is 6.04. The first-order valence-electron chi connectivity index (χ1n) is 14.0. The Labute approximate surface area is 233 Å². The smallest absolute Gasteiger partial charge is 0.295 e. The molecule has 1 amide bonds. The van der Waals surface area contributed by atoms with Crippen molar-refractivity contribution in [2.75, 3.05) is 26.2 Å². The minimum Gasteiger partial charge on any atom is -0.507 e. The first-order valence-corrected chi connectivity index (χ1v) is 14.3. The number of halogens is 1. The zero-order chi connectivity index (χ0) is 27.9. The van der Waals surface area contributed by atoms with E-state index in [1.165, 1.54) is 5.56 Å². The Balaban J connectivity index is 1.95. The third-order valence-electron chi connectivity index (χ3n) is 7.28. The van der Waals surface area contributed by atoms with Crippen LogP contribution in [0.2, 0.25) is 5.02 Å². The largest absolute Gasteiger partial charge is 0.507 e. The van der Waals surface area contributed by atoms with E-state index in [1.54, 1.807) is 29.2 Å². The summed E-state index contributed by atoms with van der Waals surface area (Å²) < 4.78 is 0. The quantitative estimate of drug-likeness (QED) is 0.174. The van der Waals surface area contributed by atoms with Gasteiger partial charge in [-0.1, -0.05) is 83.3 Å². The number of benzene rings is 2. The maximum Gasteiger partial charge on any atom is 0.295 e. The summed E-state index contributed by atoms with van der Waals surface area (Å²) in [6.45, 7) is 14.3. The number of ketones is 1. The van der Waals surface area contributed by atoms with E-state index < -0.39 is 17.7 Å². The molecule has 1 fully saturated rings. The van der Waals surface area contributed by atoms with Gasteiger partial charge in [-0.05, 0) is 79.7 Å². The molecule has 38 heavy (non-hydrogen) atoms. The zero-order valence-electron chi connectivity index (χ0n) is 23.6. The second kappa shape index (κ2) is 13.4. The van der Waals surface area contributed by atoms with Crippen molar-refractivity contribution in [1.82, 2.24) is 9.80 Å². The van der Waals surface area contributed by atoms with Gasteiger partial charge < -0.3 is 14.9 Å². The van der Waals surface area contributed by atoms with E-state index >= 15 is 0 Å². The minimum absolute atomic E-state index is 0.0237.